The maximum absolute atomic E-state index is 3.98. The second-order valence-corrected chi connectivity index (χ2v) is 2.18. The number of thiazole rings is 1. The fourth-order valence-corrected chi connectivity index (χ4v) is 0.958. The van der Waals surface area contributed by atoms with Crippen molar-refractivity contribution in [2.24, 2.45) is 4.99 Å². The minimum atomic E-state index is 0.965. The van der Waals surface area contributed by atoms with E-state index < -0.39 is 0 Å². The lowest BCUT2D eigenvalue weighted by Gasteiger charge is -1.73. The van der Waals surface area contributed by atoms with Gasteiger partial charge in [0.15, 0.2) is 0 Å². The third-order valence-corrected chi connectivity index (χ3v) is 1.40. The molecule has 0 bridgehead atoms. The van der Waals surface area contributed by atoms with Crippen molar-refractivity contribution in [1.29, 1.82) is 0 Å². The highest BCUT2D eigenvalue weighted by atomic mass is 32.1. The Labute approximate surface area is 51.9 Å². The minimum Gasteiger partial charge on any atom is -0.293 e. The van der Waals surface area contributed by atoms with E-state index in [1.807, 2.05) is 5.38 Å². The van der Waals surface area contributed by atoms with Gasteiger partial charge in [0.1, 0.15) is 5.01 Å². The monoisotopic (exact) mass is 126 g/mol. The van der Waals surface area contributed by atoms with Gasteiger partial charge in [-0.3, -0.25) is 4.99 Å². The van der Waals surface area contributed by atoms with E-state index >= 15 is 0 Å². The summed E-state index contributed by atoms with van der Waals surface area (Å²) >= 11 is 1.59. The summed E-state index contributed by atoms with van der Waals surface area (Å²) in [6.07, 6.45) is 3.51. The predicted molar refractivity (Wildman–Crippen MR) is 35.6 cm³/mol. The molecule has 0 N–H and O–H groups in total. The molecule has 0 fully saturated rings. The van der Waals surface area contributed by atoms with Crippen LogP contribution in [0.3, 0.4) is 0 Å². The molecule has 1 rings (SSSR count). The van der Waals surface area contributed by atoms with Gasteiger partial charge in [-0.2, -0.15) is 0 Å². The van der Waals surface area contributed by atoms with E-state index in [1.54, 1.807) is 30.8 Å². The molecule has 0 aliphatic heterocycles. The lowest BCUT2D eigenvalue weighted by Crippen LogP contribution is -1.73. The Morgan fingerprint density at radius 2 is 2.75 bits per heavy atom. The zero-order chi connectivity index (χ0) is 5.82. The van der Waals surface area contributed by atoms with Crippen LogP contribution in [0, 0.1) is 0 Å². The number of nitrogens with zero attached hydrogens (tertiary/aromatic N) is 2. The van der Waals surface area contributed by atoms with Gasteiger partial charge in [0.2, 0.25) is 0 Å². The lowest BCUT2D eigenvalue weighted by atomic mass is 10.8. The van der Waals surface area contributed by atoms with Gasteiger partial charge in [0, 0.05) is 18.6 Å². The molecular formula is C5H6N2S. The Kier molecular flexibility index (Phi) is 1.75. The highest BCUT2D eigenvalue weighted by Gasteiger charge is 1.83. The summed E-state index contributed by atoms with van der Waals surface area (Å²) < 4.78 is 0. The van der Waals surface area contributed by atoms with E-state index in [0.29, 0.717) is 0 Å². The second-order valence-electron chi connectivity index (χ2n) is 1.26. The molecule has 3 heteroatoms. The van der Waals surface area contributed by atoms with Crippen molar-refractivity contribution in [3.63, 3.8) is 0 Å². The van der Waals surface area contributed by atoms with Gasteiger partial charge in [-0.05, 0) is 0 Å². The van der Waals surface area contributed by atoms with Gasteiger partial charge < -0.3 is 0 Å². The van der Waals surface area contributed by atoms with Gasteiger partial charge in [-0.25, -0.2) is 4.98 Å². The predicted octanol–water partition coefficient (Wildman–Crippen LogP) is 1.19. The Hall–Kier alpha value is -0.700. The SMILES string of the molecule is CN=Cc1nccs1. The Morgan fingerprint density at radius 1 is 1.88 bits per heavy atom. The van der Waals surface area contributed by atoms with Crippen LogP contribution in [0.2, 0.25) is 0 Å². The molecule has 0 saturated heterocycles. The molecule has 0 radical (unpaired) electrons. The lowest BCUT2D eigenvalue weighted by molar-refractivity contribution is 1.38. The molecule has 1 heterocycles. The van der Waals surface area contributed by atoms with Crippen LogP contribution in [-0.2, 0) is 0 Å². The van der Waals surface area contributed by atoms with Crippen molar-refractivity contribution in [2.45, 2.75) is 0 Å². The quantitative estimate of drug-likeness (QED) is 0.519. The summed E-state index contributed by atoms with van der Waals surface area (Å²) in [5.41, 5.74) is 0. The highest BCUT2D eigenvalue weighted by molar-refractivity contribution is 7.11. The van der Waals surface area contributed by atoms with Gasteiger partial charge in [0.25, 0.3) is 0 Å². The second kappa shape index (κ2) is 2.57. The van der Waals surface area contributed by atoms with E-state index in [2.05, 4.69) is 9.98 Å². The van der Waals surface area contributed by atoms with Crippen LogP contribution in [0.4, 0.5) is 0 Å². The summed E-state index contributed by atoms with van der Waals surface area (Å²) in [5, 5.41) is 2.89. The van der Waals surface area contributed by atoms with Crippen molar-refractivity contribution in [2.75, 3.05) is 7.05 Å². The first-order valence-corrected chi connectivity index (χ1v) is 3.13. The van der Waals surface area contributed by atoms with E-state index in [1.165, 1.54) is 0 Å². The number of hydrogen-bond acceptors (Lipinski definition) is 3. The van der Waals surface area contributed by atoms with Gasteiger partial charge >= 0.3 is 0 Å². The molecule has 2 nitrogen and oxygen atoms in total. The summed E-state index contributed by atoms with van der Waals surface area (Å²) in [4.78, 5) is 7.78. The van der Waals surface area contributed by atoms with Crippen LogP contribution in [-0.4, -0.2) is 18.2 Å². The van der Waals surface area contributed by atoms with Crippen LogP contribution >= 0.6 is 11.3 Å². The maximum atomic E-state index is 3.98. The number of aromatic nitrogens is 1. The zero-order valence-electron chi connectivity index (χ0n) is 4.53. The molecule has 0 spiro atoms. The third kappa shape index (κ3) is 1.13. The smallest absolute Gasteiger partial charge is 0.133 e. The minimum absolute atomic E-state index is 0.965. The Balaban J connectivity index is 2.77. The molecular weight excluding hydrogens is 120 g/mol. The topological polar surface area (TPSA) is 25.2 Å². The Morgan fingerprint density at radius 3 is 3.25 bits per heavy atom. The van der Waals surface area contributed by atoms with E-state index in [-0.39, 0.29) is 0 Å². The molecule has 0 unspecified atom stereocenters. The normalized spacial score (nSPS) is 10.6. The van der Waals surface area contributed by atoms with Crippen LogP contribution in [0.15, 0.2) is 16.6 Å². The molecule has 42 valence electrons. The van der Waals surface area contributed by atoms with Gasteiger partial charge in [-0.15, -0.1) is 11.3 Å². The molecule has 0 atom stereocenters. The molecule has 8 heavy (non-hydrogen) atoms. The fourth-order valence-electron chi connectivity index (χ4n) is 0.409. The van der Waals surface area contributed by atoms with E-state index in [0.717, 1.165) is 5.01 Å². The zero-order valence-corrected chi connectivity index (χ0v) is 5.35. The molecule has 1 aromatic rings. The third-order valence-electron chi connectivity index (χ3n) is 0.691. The van der Waals surface area contributed by atoms with Crippen molar-refractivity contribution in [3.05, 3.63) is 16.6 Å². The maximum Gasteiger partial charge on any atom is 0.133 e. The first-order valence-electron chi connectivity index (χ1n) is 2.25. The molecule has 0 aromatic carbocycles. The summed E-state index contributed by atoms with van der Waals surface area (Å²) in [6.45, 7) is 0. The molecule has 0 aliphatic carbocycles. The number of hydrogen-bond donors (Lipinski definition) is 0. The Bertz CT molecular complexity index is 167. The average Bonchev–Trinajstić information content (AvgIpc) is 2.19. The van der Waals surface area contributed by atoms with Crippen molar-refractivity contribution in [3.8, 4) is 0 Å². The average molecular weight is 126 g/mol. The van der Waals surface area contributed by atoms with Crippen molar-refractivity contribution >= 4 is 17.6 Å². The first kappa shape index (κ1) is 5.44. The summed E-state index contributed by atoms with van der Waals surface area (Å²) in [5.74, 6) is 0. The van der Waals surface area contributed by atoms with Crippen molar-refractivity contribution < 1.29 is 0 Å². The summed E-state index contributed by atoms with van der Waals surface area (Å²) in [6, 6.07) is 0. The molecule has 0 amide bonds. The molecule has 0 saturated carbocycles. The van der Waals surface area contributed by atoms with Crippen molar-refractivity contribution in [1.82, 2.24) is 4.98 Å². The van der Waals surface area contributed by atoms with Gasteiger partial charge in [-0.1, -0.05) is 0 Å². The van der Waals surface area contributed by atoms with Crippen LogP contribution in [0.5, 0.6) is 0 Å². The van der Waals surface area contributed by atoms with E-state index in [4.69, 9.17) is 0 Å². The molecule has 0 aliphatic rings. The van der Waals surface area contributed by atoms with E-state index in [9.17, 15) is 0 Å². The first-order chi connectivity index (χ1) is 3.93. The van der Waals surface area contributed by atoms with Gasteiger partial charge in [0.05, 0.1) is 6.21 Å². The molecule has 1 aromatic heterocycles. The highest BCUT2D eigenvalue weighted by Crippen LogP contribution is 1.98. The van der Waals surface area contributed by atoms with Crippen LogP contribution in [0.1, 0.15) is 5.01 Å². The number of rotatable bonds is 1. The largest absolute Gasteiger partial charge is 0.293 e. The standard InChI is InChI=1S/C5H6N2S/c1-6-4-5-7-2-3-8-5/h2-4H,1H3. The summed E-state index contributed by atoms with van der Waals surface area (Å²) in [7, 11) is 1.74. The van der Waals surface area contributed by atoms with Crippen LogP contribution < -0.4 is 0 Å². The fraction of sp³-hybridized carbons (Fsp3) is 0.200. The number of aliphatic imine (C=N–C) groups is 1. The van der Waals surface area contributed by atoms with Crippen LogP contribution in [0.25, 0.3) is 0 Å².